The Balaban J connectivity index is 1.72. The fourth-order valence-electron chi connectivity index (χ4n) is 4.11. The smallest absolute Gasteiger partial charge is 0.408 e. The SMILES string of the molecule is O=c1[nH]c2cc(C3=Nc4ccc(Br)cc4C(c4ccccc4)N3CCCO)ccc2o1. The summed E-state index contributed by atoms with van der Waals surface area (Å²) < 4.78 is 6.15. The summed E-state index contributed by atoms with van der Waals surface area (Å²) in [4.78, 5) is 21.6. The van der Waals surface area contributed by atoms with Gasteiger partial charge in [-0.1, -0.05) is 46.3 Å². The lowest BCUT2D eigenvalue weighted by Crippen LogP contribution is -2.39. The van der Waals surface area contributed by atoms with Crippen LogP contribution in [0.4, 0.5) is 5.69 Å². The number of halogens is 1. The van der Waals surface area contributed by atoms with Gasteiger partial charge in [-0.2, -0.15) is 0 Å². The van der Waals surface area contributed by atoms with Gasteiger partial charge in [0.15, 0.2) is 5.58 Å². The number of fused-ring (bicyclic) bond motifs is 2. The molecule has 3 aromatic carbocycles. The van der Waals surface area contributed by atoms with Crippen LogP contribution in [0.5, 0.6) is 0 Å². The van der Waals surface area contributed by atoms with Gasteiger partial charge in [-0.3, -0.25) is 4.98 Å². The summed E-state index contributed by atoms with van der Waals surface area (Å²) in [6, 6.07) is 21.9. The first kappa shape index (κ1) is 19.8. The summed E-state index contributed by atoms with van der Waals surface area (Å²) in [6.45, 7) is 0.714. The summed E-state index contributed by atoms with van der Waals surface area (Å²) in [6.07, 6.45) is 0.608. The quantitative estimate of drug-likeness (QED) is 0.434. The fourth-order valence-corrected chi connectivity index (χ4v) is 4.49. The van der Waals surface area contributed by atoms with Crippen molar-refractivity contribution in [3.05, 3.63) is 98.4 Å². The molecule has 156 valence electrons. The van der Waals surface area contributed by atoms with E-state index in [4.69, 9.17) is 9.41 Å². The van der Waals surface area contributed by atoms with Gasteiger partial charge >= 0.3 is 5.76 Å². The summed E-state index contributed by atoms with van der Waals surface area (Å²) >= 11 is 3.60. The van der Waals surface area contributed by atoms with Crippen LogP contribution in [0.2, 0.25) is 0 Å². The third-order valence-electron chi connectivity index (χ3n) is 5.44. The van der Waals surface area contributed by atoms with Gasteiger partial charge in [0.1, 0.15) is 5.84 Å². The highest BCUT2D eigenvalue weighted by molar-refractivity contribution is 9.10. The molecule has 0 bridgehead atoms. The van der Waals surface area contributed by atoms with E-state index in [1.165, 1.54) is 0 Å². The van der Waals surface area contributed by atoms with Crippen LogP contribution in [0.25, 0.3) is 11.1 Å². The van der Waals surface area contributed by atoms with E-state index in [9.17, 15) is 9.90 Å². The molecular formula is C24H20BrN3O3. The van der Waals surface area contributed by atoms with Crippen molar-refractivity contribution < 1.29 is 9.52 Å². The van der Waals surface area contributed by atoms with E-state index in [-0.39, 0.29) is 12.6 Å². The minimum atomic E-state index is -0.479. The Hall–Kier alpha value is -3.16. The van der Waals surface area contributed by atoms with Crippen LogP contribution in [0.3, 0.4) is 0 Å². The van der Waals surface area contributed by atoms with E-state index < -0.39 is 5.76 Å². The van der Waals surface area contributed by atoms with Crippen molar-refractivity contribution in [1.29, 1.82) is 0 Å². The normalized spacial score (nSPS) is 15.7. The largest absolute Gasteiger partial charge is 0.417 e. The Labute approximate surface area is 187 Å². The van der Waals surface area contributed by atoms with Crippen molar-refractivity contribution >= 4 is 38.6 Å². The highest BCUT2D eigenvalue weighted by atomic mass is 79.9. The molecule has 6 nitrogen and oxygen atoms in total. The maximum Gasteiger partial charge on any atom is 0.417 e. The van der Waals surface area contributed by atoms with Gasteiger partial charge in [0.2, 0.25) is 0 Å². The number of aromatic nitrogens is 1. The molecule has 31 heavy (non-hydrogen) atoms. The fraction of sp³-hybridized carbons (Fsp3) is 0.167. The zero-order valence-electron chi connectivity index (χ0n) is 16.6. The first-order valence-electron chi connectivity index (χ1n) is 10.1. The number of aliphatic imine (C=N–C) groups is 1. The number of rotatable bonds is 5. The van der Waals surface area contributed by atoms with E-state index in [1.807, 2.05) is 42.5 Å². The molecule has 1 aromatic heterocycles. The number of nitrogens with zero attached hydrogens (tertiary/aromatic N) is 2. The van der Waals surface area contributed by atoms with Crippen LogP contribution in [0.15, 0.2) is 85.4 Å². The van der Waals surface area contributed by atoms with Crippen LogP contribution < -0.4 is 5.76 Å². The number of nitrogens with one attached hydrogen (secondary N) is 1. The molecule has 0 spiro atoms. The molecule has 7 heteroatoms. The average molecular weight is 478 g/mol. The predicted octanol–water partition coefficient (Wildman–Crippen LogP) is 4.75. The van der Waals surface area contributed by atoms with Crippen molar-refractivity contribution in [3.63, 3.8) is 0 Å². The highest BCUT2D eigenvalue weighted by Crippen LogP contribution is 2.41. The van der Waals surface area contributed by atoms with Gasteiger partial charge in [0, 0.05) is 28.8 Å². The van der Waals surface area contributed by atoms with E-state index in [2.05, 4.69) is 44.0 Å². The molecule has 0 aliphatic carbocycles. The summed E-state index contributed by atoms with van der Waals surface area (Å²) in [7, 11) is 0. The number of oxazole rings is 1. The number of hydrogen-bond acceptors (Lipinski definition) is 5. The number of amidine groups is 1. The van der Waals surface area contributed by atoms with Crippen molar-refractivity contribution in [1.82, 2.24) is 9.88 Å². The van der Waals surface area contributed by atoms with Gasteiger partial charge in [0.25, 0.3) is 0 Å². The maximum atomic E-state index is 11.6. The van der Waals surface area contributed by atoms with Crippen LogP contribution in [0, 0.1) is 0 Å². The number of H-pyrrole nitrogens is 1. The Morgan fingerprint density at radius 2 is 1.94 bits per heavy atom. The van der Waals surface area contributed by atoms with Crippen LogP contribution in [-0.2, 0) is 0 Å². The van der Waals surface area contributed by atoms with Crippen molar-refractivity contribution in [2.24, 2.45) is 4.99 Å². The first-order chi connectivity index (χ1) is 15.1. The molecule has 1 aliphatic rings. The van der Waals surface area contributed by atoms with Gasteiger partial charge in [0.05, 0.1) is 17.2 Å². The molecular weight excluding hydrogens is 458 g/mol. The molecule has 1 atom stereocenters. The monoisotopic (exact) mass is 477 g/mol. The lowest BCUT2D eigenvalue weighted by Gasteiger charge is -2.39. The van der Waals surface area contributed by atoms with Gasteiger partial charge in [-0.05, 0) is 48.4 Å². The second-order valence-corrected chi connectivity index (χ2v) is 8.36. The number of aliphatic hydroxyl groups is 1. The Kier molecular flexibility index (Phi) is 5.21. The molecule has 0 fully saturated rings. The second-order valence-electron chi connectivity index (χ2n) is 7.45. The molecule has 0 saturated heterocycles. The molecule has 1 aliphatic heterocycles. The highest BCUT2D eigenvalue weighted by Gasteiger charge is 2.32. The van der Waals surface area contributed by atoms with Crippen molar-refractivity contribution in [3.8, 4) is 0 Å². The van der Waals surface area contributed by atoms with E-state index in [1.54, 1.807) is 6.07 Å². The van der Waals surface area contributed by atoms with Gasteiger partial charge < -0.3 is 14.4 Å². The summed E-state index contributed by atoms with van der Waals surface area (Å²) in [5.74, 6) is 0.313. The molecule has 0 radical (unpaired) electrons. The molecule has 2 heterocycles. The van der Waals surface area contributed by atoms with Gasteiger partial charge in [-0.15, -0.1) is 0 Å². The zero-order valence-corrected chi connectivity index (χ0v) is 18.2. The van der Waals surface area contributed by atoms with Crippen LogP contribution in [0.1, 0.15) is 29.2 Å². The molecule has 4 aromatic rings. The third kappa shape index (κ3) is 3.71. The van der Waals surface area contributed by atoms with E-state index >= 15 is 0 Å². The van der Waals surface area contributed by atoms with Crippen molar-refractivity contribution in [2.45, 2.75) is 12.5 Å². The Morgan fingerprint density at radius 1 is 1.10 bits per heavy atom. The summed E-state index contributed by atoms with van der Waals surface area (Å²) in [5, 5.41) is 9.57. The average Bonchev–Trinajstić information content (AvgIpc) is 3.16. The molecule has 5 rings (SSSR count). The predicted molar refractivity (Wildman–Crippen MR) is 124 cm³/mol. The third-order valence-corrected chi connectivity index (χ3v) is 5.94. The minimum absolute atomic E-state index is 0.0631. The number of hydrogen-bond donors (Lipinski definition) is 2. The standard InChI is InChI=1S/C24H20BrN3O3/c25-17-8-9-19-18(14-17)22(15-5-2-1-3-6-15)28(11-4-12-29)23(26-19)16-7-10-21-20(13-16)27-24(30)31-21/h1-3,5-10,13-14,22,29H,4,11-12H2,(H,27,30). The molecule has 1 unspecified atom stereocenters. The van der Waals surface area contributed by atoms with Crippen LogP contribution >= 0.6 is 15.9 Å². The molecule has 0 saturated carbocycles. The zero-order chi connectivity index (χ0) is 21.4. The van der Waals surface area contributed by atoms with E-state index in [0.29, 0.717) is 24.1 Å². The Bertz CT molecular complexity index is 1330. The molecule has 2 N–H and O–H groups in total. The minimum Gasteiger partial charge on any atom is -0.408 e. The lowest BCUT2D eigenvalue weighted by atomic mass is 9.92. The first-order valence-corrected chi connectivity index (χ1v) is 10.9. The lowest BCUT2D eigenvalue weighted by molar-refractivity contribution is 0.254. The molecule has 0 amide bonds. The van der Waals surface area contributed by atoms with E-state index in [0.717, 1.165) is 32.7 Å². The van der Waals surface area contributed by atoms with Crippen molar-refractivity contribution in [2.75, 3.05) is 13.2 Å². The topological polar surface area (TPSA) is 81.8 Å². The second kappa shape index (κ2) is 8.17. The summed E-state index contributed by atoms with van der Waals surface area (Å²) in [5.41, 5.74) is 5.15. The number of benzene rings is 3. The maximum absolute atomic E-state index is 11.6. The Morgan fingerprint density at radius 3 is 2.74 bits per heavy atom. The van der Waals surface area contributed by atoms with Crippen LogP contribution in [-0.4, -0.2) is 34.0 Å². The number of aliphatic hydroxyl groups excluding tert-OH is 1. The van der Waals surface area contributed by atoms with Gasteiger partial charge in [-0.25, -0.2) is 9.79 Å². The number of aromatic amines is 1.